The molecule has 0 spiro atoms. The van der Waals surface area contributed by atoms with E-state index in [1.165, 1.54) is 28.4 Å². The number of aromatic nitrogens is 4. The number of likely N-dealkylation sites (tertiary alicyclic amines) is 2. The van der Waals surface area contributed by atoms with E-state index in [0.29, 0.717) is 50.8 Å². The lowest BCUT2D eigenvalue weighted by Gasteiger charge is -2.34. The molecule has 3 aromatic carbocycles. The molecular formula is C46H56N8O10. The van der Waals surface area contributed by atoms with Crippen molar-refractivity contribution in [1.82, 2.24) is 40.0 Å². The van der Waals surface area contributed by atoms with E-state index in [9.17, 15) is 24.3 Å². The third-order valence-electron chi connectivity index (χ3n) is 13.1. The Morgan fingerprint density at radius 2 is 1.67 bits per heavy atom. The maximum Gasteiger partial charge on any atom is 0.407 e. The molecule has 2 fully saturated rings. The van der Waals surface area contributed by atoms with E-state index in [2.05, 4.69) is 40.4 Å². The molecule has 64 heavy (non-hydrogen) atoms. The first kappa shape index (κ1) is 44.4. The molecule has 5 aromatic rings. The quantitative estimate of drug-likeness (QED) is 0.109. The van der Waals surface area contributed by atoms with E-state index in [1.54, 1.807) is 37.0 Å². The van der Waals surface area contributed by atoms with Gasteiger partial charge < -0.3 is 53.9 Å². The van der Waals surface area contributed by atoms with Crippen LogP contribution in [0.3, 0.4) is 0 Å². The number of H-pyrrole nitrogens is 2. The van der Waals surface area contributed by atoms with Crippen molar-refractivity contribution in [2.45, 2.75) is 76.6 Å². The Morgan fingerprint density at radius 1 is 0.922 bits per heavy atom. The van der Waals surface area contributed by atoms with Gasteiger partial charge in [0.25, 0.3) is 0 Å². The molecule has 0 saturated carbocycles. The Morgan fingerprint density at radius 3 is 2.39 bits per heavy atom. The summed E-state index contributed by atoms with van der Waals surface area (Å²) >= 11 is 0. The molecule has 8 atom stereocenters. The number of methoxy groups -OCH3 is 4. The first-order chi connectivity index (χ1) is 30.7. The molecule has 340 valence electrons. The number of rotatable bonds is 13. The Kier molecular flexibility index (Phi) is 12.5. The minimum absolute atomic E-state index is 0.0209. The van der Waals surface area contributed by atoms with Gasteiger partial charge in [-0.05, 0) is 78.9 Å². The van der Waals surface area contributed by atoms with Gasteiger partial charge in [-0.15, -0.1) is 0 Å². The number of amides is 4. The van der Waals surface area contributed by atoms with Gasteiger partial charge in [-0.3, -0.25) is 14.5 Å². The average Bonchev–Trinajstić information content (AvgIpc) is 4.12. The number of carboxylic acid groups (broad SMARTS) is 1. The summed E-state index contributed by atoms with van der Waals surface area (Å²) in [7, 11) is 7.22. The number of aromatic amines is 2. The van der Waals surface area contributed by atoms with Crippen LogP contribution < -0.4 is 10.1 Å². The molecule has 8 rings (SSSR count). The minimum atomic E-state index is -1.22. The van der Waals surface area contributed by atoms with Crippen molar-refractivity contribution in [2.75, 3.05) is 55.2 Å². The molecule has 0 bridgehead atoms. The summed E-state index contributed by atoms with van der Waals surface area (Å²) in [5.41, 5.74) is 6.26. The van der Waals surface area contributed by atoms with E-state index < -0.39 is 42.5 Å². The van der Waals surface area contributed by atoms with Crippen molar-refractivity contribution in [3.05, 3.63) is 65.9 Å². The zero-order valence-electron chi connectivity index (χ0n) is 37.3. The standard InChI is InChI=1S/C46H56N8O10/c1-23-13-35(53(19-23)43(55)38(24(2)61-6)51-45(57)63-8)41-47-18-34(49-41)28-9-11-30-29(15-28)22-64-37-17-31-27(16-32(30)37)10-12-33-39(31)50-42(48-33)36-14-26(21-60-5)20-54(36)44(56)40(25(3)62-7)52(4)46(58)59/h9-12,15-18,23-26,35-36,38,40H,13-14,19-22H2,1-8H3,(H,47,49)(H,48,50)(H,51,57)(H,58,59)/t23-,24?,25+,26-,35-,36-,38-,40-/m0/s1. The summed E-state index contributed by atoms with van der Waals surface area (Å²) in [6.07, 6.45) is -0.131. The second kappa shape index (κ2) is 18.1. The lowest BCUT2D eigenvalue weighted by molar-refractivity contribution is -0.141. The Balaban J connectivity index is 1.06. The van der Waals surface area contributed by atoms with E-state index >= 15 is 0 Å². The number of nitrogens with one attached hydrogen (secondary N) is 3. The van der Waals surface area contributed by atoms with Crippen molar-refractivity contribution in [3.63, 3.8) is 0 Å². The van der Waals surface area contributed by atoms with Gasteiger partial charge in [0.1, 0.15) is 36.1 Å². The van der Waals surface area contributed by atoms with E-state index in [1.807, 2.05) is 24.3 Å². The van der Waals surface area contributed by atoms with Crippen molar-refractivity contribution in [1.29, 1.82) is 0 Å². The number of ether oxygens (including phenoxy) is 5. The summed E-state index contributed by atoms with van der Waals surface area (Å²) < 4.78 is 27.6. The molecule has 3 aliphatic rings. The average molecular weight is 881 g/mol. The molecule has 2 saturated heterocycles. The fourth-order valence-electron chi connectivity index (χ4n) is 9.59. The second-order valence-electron chi connectivity index (χ2n) is 17.2. The van der Waals surface area contributed by atoms with Crippen LogP contribution in [-0.4, -0.2) is 143 Å². The molecule has 1 unspecified atom stereocenters. The normalized spacial score (nSPS) is 21.2. The maximum atomic E-state index is 14.2. The Bertz CT molecular complexity index is 2580. The van der Waals surface area contributed by atoms with Crippen molar-refractivity contribution in [3.8, 4) is 28.1 Å². The Labute approximate surface area is 370 Å². The Hall–Kier alpha value is -6.24. The molecule has 0 radical (unpaired) electrons. The summed E-state index contributed by atoms with van der Waals surface area (Å²) in [4.78, 5) is 73.6. The van der Waals surface area contributed by atoms with E-state index in [-0.39, 0.29) is 29.7 Å². The molecule has 4 amide bonds. The van der Waals surface area contributed by atoms with Crippen molar-refractivity contribution >= 4 is 45.8 Å². The number of alkyl carbamates (subject to hydrolysis) is 1. The number of imidazole rings is 2. The number of hydrogen-bond acceptors (Lipinski definition) is 11. The van der Waals surface area contributed by atoms with Gasteiger partial charge in [0.15, 0.2) is 0 Å². The van der Waals surface area contributed by atoms with Crippen molar-refractivity contribution < 1.29 is 48.0 Å². The predicted molar refractivity (Wildman–Crippen MR) is 235 cm³/mol. The zero-order valence-corrected chi connectivity index (χ0v) is 37.3. The molecule has 18 nitrogen and oxygen atoms in total. The van der Waals surface area contributed by atoms with Gasteiger partial charge >= 0.3 is 12.2 Å². The molecule has 2 aromatic heterocycles. The van der Waals surface area contributed by atoms with E-state index in [4.69, 9.17) is 33.7 Å². The molecule has 0 aliphatic carbocycles. The van der Waals surface area contributed by atoms with Crippen LogP contribution in [0, 0.1) is 11.8 Å². The zero-order chi connectivity index (χ0) is 45.6. The van der Waals surface area contributed by atoms with E-state index in [0.717, 1.165) is 60.4 Å². The van der Waals surface area contributed by atoms with Gasteiger partial charge in [-0.1, -0.05) is 25.1 Å². The van der Waals surface area contributed by atoms with Crippen LogP contribution in [0.2, 0.25) is 0 Å². The number of nitrogens with zero attached hydrogens (tertiary/aromatic N) is 5. The highest BCUT2D eigenvalue weighted by Gasteiger charge is 2.44. The molecular weight excluding hydrogens is 825 g/mol. The van der Waals surface area contributed by atoms with Crippen LogP contribution in [0.25, 0.3) is 44.2 Å². The number of hydrogen-bond donors (Lipinski definition) is 4. The van der Waals surface area contributed by atoms with Crippen LogP contribution in [0.1, 0.15) is 62.9 Å². The highest BCUT2D eigenvalue weighted by atomic mass is 16.5. The summed E-state index contributed by atoms with van der Waals surface area (Å²) in [6.45, 7) is 7.17. The monoisotopic (exact) mass is 880 g/mol. The van der Waals surface area contributed by atoms with Gasteiger partial charge in [0, 0.05) is 58.3 Å². The highest BCUT2D eigenvalue weighted by Crippen LogP contribution is 2.44. The summed E-state index contributed by atoms with van der Waals surface area (Å²) in [5.74, 6) is 1.60. The molecule has 4 N–H and O–H groups in total. The number of carbonyl (C=O) groups is 4. The third-order valence-corrected chi connectivity index (χ3v) is 13.1. The SMILES string of the molecule is COC[C@H]1C[C@@H](c2nc3c(ccc4cc5c(cc43)OCc3cc(-c4cnc([C@@H]6C[C@H](C)CN6C(=O)[C@@H](NC(=O)OC)C(C)OC)[nH]4)ccc3-5)[nH]2)N(C(=O)[C@H]([C@@H](C)OC)N(C)C(=O)O)C1. The number of likely N-dealkylation sites (N-methyl/N-ethyl adjacent to an activating group) is 1. The number of fused-ring (bicyclic) bond motifs is 6. The summed E-state index contributed by atoms with van der Waals surface area (Å²) in [5, 5.41) is 14.3. The second-order valence-corrected chi connectivity index (χ2v) is 17.2. The molecule has 5 heterocycles. The predicted octanol–water partition coefficient (Wildman–Crippen LogP) is 5.88. The van der Waals surface area contributed by atoms with Crippen LogP contribution in [0.5, 0.6) is 5.75 Å². The number of benzene rings is 3. The fraction of sp³-hybridized carbons (Fsp3) is 0.478. The molecule has 3 aliphatic heterocycles. The largest absolute Gasteiger partial charge is 0.488 e. The first-order valence-electron chi connectivity index (χ1n) is 21.5. The van der Waals surface area contributed by atoms with Gasteiger partial charge in [0.05, 0.1) is 60.9 Å². The van der Waals surface area contributed by atoms with Gasteiger partial charge in [-0.25, -0.2) is 19.6 Å². The lowest BCUT2D eigenvalue weighted by Crippen LogP contribution is -2.54. The smallest absolute Gasteiger partial charge is 0.407 e. The van der Waals surface area contributed by atoms with Crippen LogP contribution in [0.15, 0.2) is 48.7 Å². The van der Waals surface area contributed by atoms with Gasteiger partial charge in [-0.2, -0.15) is 0 Å². The third kappa shape index (κ3) is 8.20. The van der Waals surface area contributed by atoms with Crippen LogP contribution in [0.4, 0.5) is 9.59 Å². The molecule has 18 heteroatoms. The fourth-order valence-corrected chi connectivity index (χ4v) is 9.59. The topological polar surface area (TPSA) is 214 Å². The van der Waals surface area contributed by atoms with Gasteiger partial charge in [0.2, 0.25) is 11.8 Å². The minimum Gasteiger partial charge on any atom is -0.488 e. The maximum absolute atomic E-state index is 14.2. The van der Waals surface area contributed by atoms with Crippen molar-refractivity contribution in [2.24, 2.45) is 11.8 Å². The summed E-state index contributed by atoms with van der Waals surface area (Å²) in [6, 6.07) is 11.6. The number of carbonyl (C=O) groups excluding carboxylic acids is 3. The van der Waals surface area contributed by atoms with Crippen LogP contribution >= 0.6 is 0 Å². The lowest BCUT2D eigenvalue weighted by atomic mass is 9.92. The first-order valence-corrected chi connectivity index (χ1v) is 21.5. The van der Waals surface area contributed by atoms with Crippen LogP contribution in [-0.2, 0) is 35.1 Å². The highest BCUT2D eigenvalue weighted by molar-refractivity contribution is 6.07.